The zero-order chi connectivity index (χ0) is 16.0. The molecule has 2 saturated heterocycles. The highest BCUT2D eigenvalue weighted by Crippen LogP contribution is 2.40. The molecule has 0 unspecified atom stereocenters. The van der Waals surface area contributed by atoms with Gasteiger partial charge in [-0.05, 0) is 43.9 Å². The number of hydrogen-bond donors (Lipinski definition) is 0. The first-order valence-electron chi connectivity index (χ1n) is 9.76. The molecular formula is C20H28N2O2. The number of rotatable bonds is 2. The third-order valence-electron chi connectivity index (χ3n) is 6.45. The average Bonchev–Trinajstić information content (AvgIpc) is 3.10. The Balaban J connectivity index is 1.28. The maximum atomic E-state index is 6.39. The van der Waals surface area contributed by atoms with Gasteiger partial charge in [0.25, 0.3) is 0 Å². The molecule has 1 aliphatic carbocycles. The molecule has 130 valence electrons. The SMILES string of the molecule is c1cc2c(cc1N1CCCC1)COC1(CCN(C3CCC3)CC1)O2. The highest BCUT2D eigenvalue weighted by atomic mass is 16.7. The van der Waals surface area contributed by atoms with E-state index in [9.17, 15) is 0 Å². The zero-order valence-corrected chi connectivity index (χ0v) is 14.5. The van der Waals surface area contributed by atoms with Crippen LogP contribution in [0.4, 0.5) is 5.69 Å². The van der Waals surface area contributed by atoms with Crippen molar-refractivity contribution in [2.75, 3.05) is 31.1 Å². The second-order valence-electron chi connectivity index (χ2n) is 7.91. The molecule has 0 amide bonds. The van der Waals surface area contributed by atoms with Crippen LogP contribution in [0.3, 0.4) is 0 Å². The highest BCUT2D eigenvalue weighted by Gasteiger charge is 2.42. The fourth-order valence-corrected chi connectivity index (χ4v) is 4.62. The van der Waals surface area contributed by atoms with Gasteiger partial charge in [0.05, 0.1) is 6.61 Å². The molecular weight excluding hydrogens is 300 g/mol. The second kappa shape index (κ2) is 5.92. The van der Waals surface area contributed by atoms with Crippen molar-refractivity contribution in [2.24, 2.45) is 0 Å². The molecule has 5 rings (SSSR count). The van der Waals surface area contributed by atoms with Crippen molar-refractivity contribution in [3.8, 4) is 5.75 Å². The molecule has 0 radical (unpaired) electrons. The van der Waals surface area contributed by atoms with Gasteiger partial charge in [-0.1, -0.05) is 6.42 Å². The van der Waals surface area contributed by atoms with Crippen molar-refractivity contribution >= 4 is 5.69 Å². The van der Waals surface area contributed by atoms with Gasteiger partial charge in [-0.3, -0.25) is 4.90 Å². The fourth-order valence-electron chi connectivity index (χ4n) is 4.62. The third-order valence-corrected chi connectivity index (χ3v) is 6.45. The average molecular weight is 328 g/mol. The standard InChI is InChI=1S/C20H28N2O2/c1-2-11-21(10-1)18-6-7-19-16(14-18)15-23-20(24-19)8-12-22(13-9-20)17-4-3-5-17/h6-7,14,17H,1-5,8-13,15H2. The molecule has 4 heteroatoms. The molecule has 24 heavy (non-hydrogen) atoms. The van der Waals surface area contributed by atoms with Crippen molar-refractivity contribution in [1.29, 1.82) is 0 Å². The van der Waals surface area contributed by atoms with E-state index in [1.165, 1.54) is 56.4 Å². The van der Waals surface area contributed by atoms with Crippen LogP contribution in [0.15, 0.2) is 18.2 Å². The molecule has 3 aliphatic heterocycles. The van der Waals surface area contributed by atoms with E-state index < -0.39 is 0 Å². The van der Waals surface area contributed by atoms with Crippen LogP contribution >= 0.6 is 0 Å². The summed E-state index contributed by atoms with van der Waals surface area (Å²) in [7, 11) is 0. The lowest BCUT2D eigenvalue weighted by molar-refractivity contribution is -0.231. The van der Waals surface area contributed by atoms with Gasteiger partial charge in [0.2, 0.25) is 5.79 Å². The molecule has 1 spiro atoms. The molecule has 1 aromatic rings. The summed E-state index contributed by atoms with van der Waals surface area (Å²) in [6.07, 6.45) is 8.79. The summed E-state index contributed by atoms with van der Waals surface area (Å²) in [6, 6.07) is 7.51. The van der Waals surface area contributed by atoms with Crippen LogP contribution < -0.4 is 9.64 Å². The van der Waals surface area contributed by atoms with Gasteiger partial charge in [0, 0.05) is 56.3 Å². The highest BCUT2D eigenvalue weighted by molar-refractivity contribution is 5.54. The van der Waals surface area contributed by atoms with E-state index in [1.807, 2.05) is 0 Å². The van der Waals surface area contributed by atoms with Gasteiger partial charge in [0.1, 0.15) is 5.75 Å². The predicted molar refractivity (Wildman–Crippen MR) is 94.5 cm³/mol. The van der Waals surface area contributed by atoms with Gasteiger partial charge >= 0.3 is 0 Å². The molecule has 3 heterocycles. The van der Waals surface area contributed by atoms with Crippen LogP contribution in [0.25, 0.3) is 0 Å². The van der Waals surface area contributed by atoms with Crippen LogP contribution in [0.2, 0.25) is 0 Å². The van der Waals surface area contributed by atoms with E-state index in [1.54, 1.807) is 0 Å². The van der Waals surface area contributed by atoms with Gasteiger partial charge in [-0.25, -0.2) is 0 Å². The Morgan fingerprint density at radius 1 is 0.958 bits per heavy atom. The van der Waals surface area contributed by atoms with Gasteiger partial charge in [-0.2, -0.15) is 0 Å². The first kappa shape index (κ1) is 15.0. The smallest absolute Gasteiger partial charge is 0.213 e. The van der Waals surface area contributed by atoms with E-state index in [4.69, 9.17) is 9.47 Å². The Kier molecular flexibility index (Phi) is 3.71. The molecule has 4 nitrogen and oxygen atoms in total. The molecule has 3 fully saturated rings. The summed E-state index contributed by atoms with van der Waals surface area (Å²) >= 11 is 0. The summed E-state index contributed by atoms with van der Waals surface area (Å²) in [4.78, 5) is 5.12. The Hall–Kier alpha value is -1.26. The van der Waals surface area contributed by atoms with Crippen LogP contribution in [-0.4, -0.2) is 42.9 Å². The van der Waals surface area contributed by atoms with Crippen LogP contribution in [0, 0.1) is 0 Å². The quantitative estimate of drug-likeness (QED) is 0.829. The minimum Gasteiger partial charge on any atom is -0.462 e. The number of piperidine rings is 1. The number of anilines is 1. The van der Waals surface area contributed by atoms with Crippen molar-refractivity contribution < 1.29 is 9.47 Å². The fraction of sp³-hybridized carbons (Fsp3) is 0.700. The Labute approximate surface area is 144 Å². The third kappa shape index (κ3) is 2.60. The van der Waals surface area contributed by atoms with Crippen molar-refractivity contribution in [2.45, 2.75) is 63.4 Å². The Morgan fingerprint density at radius 2 is 1.75 bits per heavy atom. The monoisotopic (exact) mass is 328 g/mol. The Morgan fingerprint density at radius 3 is 2.46 bits per heavy atom. The lowest BCUT2D eigenvalue weighted by Gasteiger charge is -2.47. The van der Waals surface area contributed by atoms with Crippen LogP contribution in [0.1, 0.15) is 50.5 Å². The van der Waals surface area contributed by atoms with E-state index in [2.05, 4.69) is 28.0 Å². The molecule has 0 atom stereocenters. The normalized spacial score (nSPS) is 26.9. The first-order valence-corrected chi connectivity index (χ1v) is 9.76. The lowest BCUT2D eigenvalue weighted by atomic mass is 9.89. The summed E-state index contributed by atoms with van der Waals surface area (Å²) in [5, 5.41) is 0. The number of benzene rings is 1. The predicted octanol–water partition coefficient (Wildman–Crippen LogP) is 3.54. The van der Waals surface area contributed by atoms with E-state index in [0.29, 0.717) is 6.61 Å². The lowest BCUT2D eigenvalue weighted by Crippen LogP contribution is -2.54. The number of fused-ring (bicyclic) bond motifs is 1. The number of ether oxygens (including phenoxy) is 2. The van der Waals surface area contributed by atoms with E-state index in [-0.39, 0.29) is 5.79 Å². The summed E-state index contributed by atoms with van der Waals surface area (Å²) in [5.74, 6) is 0.670. The van der Waals surface area contributed by atoms with E-state index >= 15 is 0 Å². The maximum absolute atomic E-state index is 6.39. The number of hydrogen-bond acceptors (Lipinski definition) is 4. The first-order chi connectivity index (χ1) is 11.8. The molecule has 1 aromatic carbocycles. The van der Waals surface area contributed by atoms with Crippen molar-refractivity contribution in [3.63, 3.8) is 0 Å². The number of nitrogens with zero attached hydrogens (tertiary/aromatic N) is 2. The van der Waals surface area contributed by atoms with Crippen LogP contribution in [-0.2, 0) is 11.3 Å². The summed E-state index contributed by atoms with van der Waals surface area (Å²) in [5.41, 5.74) is 2.54. The molecule has 4 aliphatic rings. The van der Waals surface area contributed by atoms with Crippen LogP contribution in [0.5, 0.6) is 5.75 Å². The minimum absolute atomic E-state index is 0.373. The number of likely N-dealkylation sites (tertiary alicyclic amines) is 1. The van der Waals surface area contributed by atoms with E-state index in [0.717, 1.165) is 37.7 Å². The molecule has 0 N–H and O–H groups in total. The van der Waals surface area contributed by atoms with Crippen molar-refractivity contribution in [3.05, 3.63) is 23.8 Å². The Bertz CT molecular complexity index is 600. The molecule has 1 saturated carbocycles. The van der Waals surface area contributed by atoms with Gasteiger partial charge in [-0.15, -0.1) is 0 Å². The largest absolute Gasteiger partial charge is 0.462 e. The van der Waals surface area contributed by atoms with Gasteiger partial charge < -0.3 is 14.4 Å². The second-order valence-corrected chi connectivity index (χ2v) is 7.91. The molecule has 0 bridgehead atoms. The zero-order valence-electron chi connectivity index (χ0n) is 14.5. The summed E-state index contributed by atoms with van der Waals surface area (Å²) in [6.45, 7) is 5.29. The summed E-state index contributed by atoms with van der Waals surface area (Å²) < 4.78 is 12.7. The topological polar surface area (TPSA) is 24.9 Å². The molecule has 0 aromatic heterocycles. The maximum Gasteiger partial charge on any atom is 0.213 e. The minimum atomic E-state index is -0.373. The van der Waals surface area contributed by atoms with Crippen molar-refractivity contribution in [1.82, 2.24) is 4.90 Å². The van der Waals surface area contributed by atoms with Gasteiger partial charge in [0.15, 0.2) is 0 Å².